The molecule has 0 unspecified atom stereocenters. The predicted molar refractivity (Wildman–Crippen MR) is 64.1 cm³/mol. The topological polar surface area (TPSA) is 0 Å². The van der Waals surface area contributed by atoms with E-state index in [9.17, 15) is 0 Å². The van der Waals surface area contributed by atoms with Gasteiger partial charge in [0.2, 0.25) is 0 Å². The maximum atomic E-state index is 6.03. The highest BCUT2D eigenvalue weighted by Crippen LogP contribution is 2.37. The zero-order valence-corrected chi connectivity index (χ0v) is 10.4. The van der Waals surface area contributed by atoms with E-state index in [0.717, 1.165) is 20.4 Å². The fraction of sp³-hybridized carbons (Fsp3) is 0.111. The summed E-state index contributed by atoms with van der Waals surface area (Å²) in [6.45, 7) is 0. The molecule has 0 saturated carbocycles. The summed E-state index contributed by atoms with van der Waals surface area (Å²) in [7, 11) is 0. The molecule has 0 bridgehead atoms. The van der Waals surface area contributed by atoms with Crippen molar-refractivity contribution in [2.75, 3.05) is 0 Å². The van der Waals surface area contributed by atoms with Gasteiger partial charge in [0.25, 0.3) is 0 Å². The van der Waals surface area contributed by atoms with Crippen LogP contribution in [-0.4, -0.2) is 0 Å². The molecule has 2 aromatic rings. The maximum Gasteiger partial charge on any atom is 0.0558 e. The first kappa shape index (κ1) is 9.78. The lowest BCUT2D eigenvalue weighted by molar-refractivity contribution is 1.46. The molecule has 68 valence electrons. The van der Waals surface area contributed by atoms with Gasteiger partial charge in [-0.3, -0.25) is 0 Å². The normalized spacial score (nSPS) is 11.0. The van der Waals surface area contributed by atoms with Crippen LogP contribution < -0.4 is 0 Å². The van der Waals surface area contributed by atoms with E-state index in [1.807, 2.05) is 17.5 Å². The summed E-state index contributed by atoms with van der Waals surface area (Å²) in [5.41, 5.74) is 1.10. The predicted octanol–water partition coefficient (Wildman–Crippen LogP) is 5.06. The zero-order valence-electron chi connectivity index (χ0n) is 6.48. The van der Waals surface area contributed by atoms with Gasteiger partial charge in [0.1, 0.15) is 0 Å². The summed E-state index contributed by atoms with van der Waals surface area (Å²) in [4.78, 5) is 0. The van der Waals surface area contributed by atoms with Crippen LogP contribution in [0.15, 0.2) is 22.0 Å². The van der Waals surface area contributed by atoms with Crippen LogP contribution in [0.25, 0.3) is 10.1 Å². The molecule has 4 heteroatoms. The van der Waals surface area contributed by atoms with Gasteiger partial charge < -0.3 is 0 Å². The maximum absolute atomic E-state index is 6.03. The summed E-state index contributed by atoms with van der Waals surface area (Å²) in [6.07, 6.45) is 0. The molecule has 0 amide bonds. The van der Waals surface area contributed by atoms with Gasteiger partial charge in [-0.15, -0.1) is 22.9 Å². The smallest absolute Gasteiger partial charge is 0.0558 e. The fourth-order valence-corrected chi connectivity index (χ4v) is 3.26. The van der Waals surface area contributed by atoms with Gasteiger partial charge in [-0.05, 0) is 39.0 Å². The Morgan fingerprint density at radius 1 is 1.46 bits per heavy atom. The molecule has 0 nitrogen and oxygen atoms in total. The Morgan fingerprint density at radius 3 is 2.92 bits per heavy atom. The third-order valence-electron chi connectivity index (χ3n) is 1.85. The van der Waals surface area contributed by atoms with Crippen molar-refractivity contribution in [3.05, 3.63) is 32.6 Å². The number of fused-ring (bicyclic) bond motifs is 1. The third kappa shape index (κ3) is 1.61. The second-order valence-corrected chi connectivity index (χ2v) is 5.01. The van der Waals surface area contributed by atoms with Crippen molar-refractivity contribution < 1.29 is 0 Å². The van der Waals surface area contributed by atoms with Gasteiger partial charge in [0.05, 0.1) is 5.02 Å². The summed E-state index contributed by atoms with van der Waals surface area (Å²) in [6, 6.07) is 3.96. The molecule has 0 N–H and O–H groups in total. The standard InChI is InChI=1S/C9H5BrCl2S/c10-8-6-1-2-13-9(6)5(4-11)3-7(8)12/h1-3H,4H2. The number of halogens is 3. The van der Waals surface area contributed by atoms with Crippen LogP contribution in [0.2, 0.25) is 5.02 Å². The molecule has 0 aliphatic heterocycles. The van der Waals surface area contributed by atoms with E-state index in [1.165, 1.54) is 4.70 Å². The molecule has 1 heterocycles. The van der Waals surface area contributed by atoms with Crippen molar-refractivity contribution in [2.45, 2.75) is 5.88 Å². The van der Waals surface area contributed by atoms with Crippen LogP contribution in [0.1, 0.15) is 5.56 Å². The highest BCUT2D eigenvalue weighted by atomic mass is 79.9. The second kappa shape index (κ2) is 3.77. The van der Waals surface area contributed by atoms with Gasteiger partial charge >= 0.3 is 0 Å². The summed E-state index contributed by atoms with van der Waals surface area (Å²) in [5.74, 6) is 0.504. The first-order valence-corrected chi connectivity index (χ1v) is 6.22. The van der Waals surface area contributed by atoms with Crippen LogP contribution >= 0.6 is 50.5 Å². The lowest BCUT2D eigenvalue weighted by Gasteiger charge is -2.02. The van der Waals surface area contributed by atoms with Crippen LogP contribution in [0.4, 0.5) is 0 Å². The summed E-state index contributed by atoms with van der Waals surface area (Å²) >= 11 is 17.0. The van der Waals surface area contributed by atoms with E-state index in [1.54, 1.807) is 11.3 Å². The first-order chi connectivity index (χ1) is 6.24. The van der Waals surface area contributed by atoms with Gasteiger partial charge in [0, 0.05) is 20.4 Å². The fourth-order valence-electron chi connectivity index (χ4n) is 1.24. The molecular weight excluding hydrogens is 291 g/mol. The van der Waals surface area contributed by atoms with Gasteiger partial charge in [-0.2, -0.15) is 0 Å². The lowest BCUT2D eigenvalue weighted by Crippen LogP contribution is -1.80. The molecule has 1 aromatic heterocycles. The van der Waals surface area contributed by atoms with Crippen LogP contribution in [0, 0.1) is 0 Å². The van der Waals surface area contributed by atoms with Crippen LogP contribution in [0.3, 0.4) is 0 Å². The van der Waals surface area contributed by atoms with E-state index < -0.39 is 0 Å². The quantitative estimate of drug-likeness (QED) is 0.645. The van der Waals surface area contributed by atoms with Gasteiger partial charge in [-0.25, -0.2) is 0 Å². The van der Waals surface area contributed by atoms with Crippen molar-refractivity contribution >= 4 is 60.6 Å². The highest BCUT2D eigenvalue weighted by molar-refractivity contribution is 9.10. The highest BCUT2D eigenvalue weighted by Gasteiger charge is 2.08. The molecule has 0 aliphatic rings. The number of thiophene rings is 1. The molecule has 0 saturated heterocycles. The minimum Gasteiger partial charge on any atom is -0.143 e. The van der Waals surface area contributed by atoms with Gasteiger partial charge in [-0.1, -0.05) is 11.6 Å². The largest absolute Gasteiger partial charge is 0.143 e. The summed E-state index contributed by atoms with van der Waals surface area (Å²) < 4.78 is 2.17. The number of rotatable bonds is 1. The summed E-state index contributed by atoms with van der Waals surface area (Å²) in [5, 5.41) is 3.91. The van der Waals surface area contributed by atoms with Crippen molar-refractivity contribution in [1.29, 1.82) is 0 Å². The first-order valence-electron chi connectivity index (χ1n) is 3.64. The van der Waals surface area contributed by atoms with Crippen molar-refractivity contribution in [3.63, 3.8) is 0 Å². The molecule has 0 atom stereocenters. The average Bonchev–Trinajstić information content (AvgIpc) is 2.60. The Kier molecular flexibility index (Phi) is 2.84. The lowest BCUT2D eigenvalue weighted by atomic mass is 10.2. The monoisotopic (exact) mass is 294 g/mol. The van der Waals surface area contributed by atoms with E-state index in [2.05, 4.69) is 15.9 Å². The molecular formula is C9H5BrCl2S. The van der Waals surface area contributed by atoms with Crippen molar-refractivity contribution in [2.24, 2.45) is 0 Å². The molecule has 0 aliphatic carbocycles. The second-order valence-electron chi connectivity index (χ2n) is 2.63. The Labute approximate surface area is 98.6 Å². The Balaban J connectivity index is 2.87. The number of alkyl halides is 1. The zero-order chi connectivity index (χ0) is 9.42. The number of benzene rings is 1. The van der Waals surface area contributed by atoms with E-state index >= 15 is 0 Å². The van der Waals surface area contributed by atoms with E-state index in [4.69, 9.17) is 23.2 Å². The number of hydrogen-bond donors (Lipinski definition) is 0. The Hall–Kier alpha value is 0.240. The molecule has 0 radical (unpaired) electrons. The molecule has 1 aromatic carbocycles. The average molecular weight is 296 g/mol. The van der Waals surface area contributed by atoms with E-state index in [0.29, 0.717) is 5.88 Å². The van der Waals surface area contributed by atoms with E-state index in [-0.39, 0.29) is 0 Å². The number of hydrogen-bond acceptors (Lipinski definition) is 1. The Bertz CT molecular complexity index is 450. The SMILES string of the molecule is ClCc1cc(Cl)c(Br)c2ccsc12. The molecule has 0 fully saturated rings. The molecule has 0 spiro atoms. The molecule has 2 rings (SSSR count). The van der Waals surface area contributed by atoms with Crippen molar-refractivity contribution in [1.82, 2.24) is 0 Å². The van der Waals surface area contributed by atoms with Gasteiger partial charge in [0.15, 0.2) is 0 Å². The Morgan fingerprint density at radius 2 is 2.23 bits per heavy atom. The minimum absolute atomic E-state index is 0.504. The molecule has 13 heavy (non-hydrogen) atoms. The van der Waals surface area contributed by atoms with Crippen molar-refractivity contribution in [3.8, 4) is 0 Å². The van der Waals surface area contributed by atoms with Crippen LogP contribution in [-0.2, 0) is 5.88 Å². The minimum atomic E-state index is 0.504. The third-order valence-corrected chi connectivity index (χ3v) is 4.51. The van der Waals surface area contributed by atoms with Crippen LogP contribution in [0.5, 0.6) is 0 Å².